The van der Waals surface area contributed by atoms with Gasteiger partial charge < -0.3 is 63.4 Å². The maximum atomic E-state index is 14.1. The first-order valence-electron chi connectivity index (χ1n) is 23.2. The molecule has 0 radical (unpaired) electrons. The lowest BCUT2D eigenvalue weighted by atomic mass is 9.81. The van der Waals surface area contributed by atoms with E-state index in [1.807, 2.05) is 36.4 Å². The number of hydrogen-bond acceptors (Lipinski definition) is 12. The van der Waals surface area contributed by atoms with Crippen LogP contribution in [0.15, 0.2) is 60.7 Å². The first-order chi connectivity index (χ1) is 32.7. The van der Waals surface area contributed by atoms with Crippen molar-refractivity contribution < 1.29 is 58.2 Å². The number of nitrogens with two attached hydrogens (primary N) is 1. The maximum absolute atomic E-state index is 14.1. The molecule has 0 spiro atoms. The zero-order valence-electron chi connectivity index (χ0n) is 39.1. The monoisotopic (exact) mass is 960 g/mol. The van der Waals surface area contributed by atoms with Crippen molar-refractivity contribution in [2.45, 2.75) is 139 Å². The van der Waals surface area contributed by atoms with Crippen LogP contribution in [0.5, 0.6) is 0 Å². The molecule has 2 aromatic rings. The molecule has 22 nitrogen and oxygen atoms in total. The van der Waals surface area contributed by atoms with Crippen LogP contribution in [0.3, 0.4) is 0 Å². The van der Waals surface area contributed by atoms with Crippen LogP contribution in [0.1, 0.15) is 83.3 Å². The Morgan fingerprint density at radius 1 is 0.754 bits per heavy atom. The van der Waals surface area contributed by atoms with E-state index in [1.54, 1.807) is 38.1 Å². The number of fused-ring (bicyclic) bond motifs is 1. The minimum atomic E-state index is -1.74. The molecular weight excluding hydrogens is 897 g/mol. The van der Waals surface area contributed by atoms with Crippen LogP contribution in [0, 0.1) is 5.92 Å². The van der Waals surface area contributed by atoms with Crippen LogP contribution in [0.4, 0.5) is 0 Å². The highest BCUT2D eigenvalue weighted by molar-refractivity contribution is 5.99. The van der Waals surface area contributed by atoms with Crippen LogP contribution in [-0.2, 0) is 54.4 Å². The molecule has 0 bridgehead atoms. The van der Waals surface area contributed by atoms with E-state index >= 15 is 0 Å². The largest absolute Gasteiger partial charge is 0.481 e. The number of carbonyl (C=O) groups is 10. The molecule has 3 saturated heterocycles. The normalized spacial score (nSPS) is 22.3. The molecular formula is C47H64N10O12. The predicted octanol–water partition coefficient (Wildman–Crippen LogP) is -2.43. The van der Waals surface area contributed by atoms with Gasteiger partial charge in [-0.2, -0.15) is 0 Å². The predicted molar refractivity (Wildman–Crippen MR) is 247 cm³/mol. The minimum Gasteiger partial charge on any atom is -0.481 e. The van der Waals surface area contributed by atoms with Crippen LogP contribution >= 0.6 is 0 Å². The summed E-state index contributed by atoms with van der Waals surface area (Å²) in [6.45, 7) is 5.77. The number of primary amides is 1. The summed E-state index contributed by atoms with van der Waals surface area (Å²) in [5, 5.41) is 40.3. The number of carboxylic acid groups (broad SMARTS) is 1. The molecule has 3 aliphatic rings. The van der Waals surface area contributed by atoms with Gasteiger partial charge in [-0.3, -0.25) is 47.9 Å². The number of nitrogens with one attached hydrogen (secondary N) is 8. The molecule has 11 atom stereocenters. The van der Waals surface area contributed by atoms with E-state index < -0.39 is 138 Å². The number of carboxylic acids is 1. The van der Waals surface area contributed by atoms with E-state index in [2.05, 4.69) is 42.5 Å². The summed E-state index contributed by atoms with van der Waals surface area (Å²) in [7, 11) is 0. The zero-order chi connectivity index (χ0) is 50.5. The van der Waals surface area contributed by atoms with E-state index in [1.165, 1.54) is 18.7 Å². The second-order valence-electron chi connectivity index (χ2n) is 18.2. The Balaban J connectivity index is 1.20. The lowest BCUT2D eigenvalue weighted by Crippen LogP contribution is -2.61. The molecule has 0 unspecified atom stereocenters. The Morgan fingerprint density at radius 3 is 2.00 bits per heavy atom. The average Bonchev–Trinajstić information content (AvgIpc) is 3.96. The maximum Gasteiger partial charge on any atom is 0.305 e. The highest BCUT2D eigenvalue weighted by Crippen LogP contribution is 2.40. The minimum absolute atomic E-state index is 0.125. The molecule has 12 N–H and O–H groups in total. The SMILES string of the molecule is CC(C)[C@H](NC(=O)[C@H](CC(=O)O)NC(=O)[C@@H](NC(=O)[C@@H]1CCCN1)[C@@H](C)O)C(=O)NCC(=O)N[C@H]1C[C@H]2C[C@@H](c3ccccc3)C[C@@H](C(=O)N[C@@H](C)C(=O)N[C@@H](Cc3ccccc3)C(N)=O)N2C1=O. The number of nitrogens with zero attached hydrogens (tertiary/aromatic N) is 1. The van der Waals surface area contributed by atoms with Gasteiger partial charge in [0.1, 0.15) is 42.3 Å². The van der Waals surface area contributed by atoms with Gasteiger partial charge in [0.25, 0.3) is 0 Å². The van der Waals surface area contributed by atoms with E-state index in [0.29, 0.717) is 19.4 Å². The first-order valence-corrected chi connectivity index (χ1v) is 23.2. The molecule has 5 rings (SSSR count). The zero-order valence-corrected chi connectivity index (χ0v) is 39.1. The Labute approximate surface area is 399 Å². The lowest BCUT2D eigenvalue weighted by Gasteiger charge is -2.41. The molecule has 69 heavy (non-hydrogen) atoms. The molecule has 9 amide bonds. The summed E-state index contributed by atoms with van der Waals surface area (Å²) in [5.41, 5.74) is 7.29. The van der Waals surface area contributed by atoms with Crippen LogP contribution in [0.2, 0.25) is 0 Å². The lowest BCUT2D eigenvalue weighted by molar-refractivity contribution is -0.144. The summed E-state index contributed by atoms with van der Waals surface area (Å²) < 4.78 is 0. The van der Waals surface area contributed by atoms with Crippen molar-refractivity contribution in [1.82, 2.24) is 47.4 Å². The Hall–Kier alpha value is -6.94. The summed E-state index contributed by atoms with van der Waals surface area (Å²) in [6, 6.07) is 8.29. The molecule has 374 valence electrons. The van der Waals surface area contributed by atoms with Crippen LogP contribution in [0.25, 0.3) is 0 Å². The number of aliphatic carboxylic acids is 1. The third kappa shape index (κ3) is 14.5. The number of aliphatic hydroxyl groups excluding tert-OH is 1. The second kappa shape index (κ2) is 24.4. The molecule has 2 aromatic carbocycles. The number of amides is 9. The second-order valence-corrected chi connectivity index (χ2v) is 18.2. The van der Waals surface area contributed by atoms with Gasteiger partial charge in [0.2, 0.25) is 53.2 Å². The van der Waals surface area contributed by atoms with Crippen molar-refractivity contribution in [3.63, 3.8) is 0 Å². The van der Waals surface area contributed by atoms with E-state index in [9.17, 15) is 58.2 Å². The fourth-order valence-electron chi connectivity index (χ4n) is 8.89. The smallest absolute Gasteiger partial charge is 0.305 e. The van der Waals surface area contributed by atoms with Crippen LogP contribution in [-0.4, -0.2) is 148 Å². The van der Waals surface area contributed by atoms with Gasteiger partial charge in [0, 0.05) is 12.5 Å². The third-order valence-electron chi connectivity index (χ3n) is 12.6. The van der Waals surface area contributed by atoms with Crippen molar-refractivity contribution >= 4 is 59.1 Å². The van der Waals surface area contributed by atoms with Gasteiger partial charge >= 0.3 is 5.97 Å². The van der Waals surface area contributed by atoms with Gasteiger partial charge in [-0.05, 0) is 75.5 Å². The van der Waals surface area contributed by atoms with Crippen molar-refractivity contribution in [3.8, 4) is 0 Å². The summed E-state index contributed by atoms with van der Waals surface area (Å²) in [4.78, 5) is 133. The van der Waals surface area contributed by atoms with Gasteiger partial charge in [-0.25, -0.2) is 0 Å². The standard InChI is InChI=1S/C47H64N10O12/c1-24(2)38(55-43(65)33(22-37(60)61)54-46(68)39(26(4)58)56-42(64)31-16-11-17-49-31)45(67)50-23-36(59)52-34-21-30-19-29(28-14-9-6-10-15-28)20-35(57(30)47(34)69)44(66)51-25(3)41(63)53-32(40(48)62)18-27-12-7-5-8-13-27/h5-10,12-15,24-26,29-35,38-39,49,58H,11,16-23H2,1-4H3,(H2,48,62)(H,50,67)(H,51,66)(H,52,59)(H,53,63)(H,54,68)(H,55,65)(H,56,64)(H,60,61)/t25-,26+,29+,30+,31-,32-,33-,34-,35-,38-,39-/m0/s1. The molecule has 3 fully saturated rings. The van der Waals surface area contributed by atoms with E-state index in [0.717, 1.165) is 17.5 Å². The molecule has 0 aliphatic carbocycles. The average molecular weight is 961 g/mol. The highest BCUT2D eigenvalue weighted by Gasteiger charge is 2.50. The summed E-state index contributed by atoms with van der Waals surface area (Å²) >= 11 is 0. The summed E-state index contributed by atoms with van der Waals surface area (Å²) in [5.74, 6) is -9.14. The molecule has 3 aliphatic heterocycles. The topological polar surface area (TPSA) is 337 Å². The van der Waals surface area contributed by atoms with Crippen LogP contribution < -0.4 is 48.3 Å². The van der Waals surface area contributed by atoms with Gasteiger partial charge in [0.05, 0.1) is 25.1 Å². The van der Waals surface area contributed by atoms with Gasteiger partial charge in [-0.15, -0.1) is 0 Å². The fraction of sp³-hybridized carbons (Fsp3) is 0.532. The molecule has 22 heteroatoms. The van der Waals surface area contributed by atoms with E-state index in [-0.39, 0.29) is 25.2 Å². The quantitative estimate of drug-likeness (QED) is 0.0586. The molecule has 3 heterocycles. The molecule has 0 saturated carbocycles. The van der Waals surface area contributed by atoms with E-state index in [4.69, 9.17) is 5.73 Å². The van der Waals surface area contributed by atoms with Crippen molar-refractivity contribution in [2.75, 3.05) is 13.1 Å². The number of benzene rings is 2. The number of carbonyl (C=O) groups excluding carboxylic acids is 9. The third-order valence-corrected chi connectivity index (χ3v) is 12.6. The molecule has 0 aromatic heterocycles. The van der Waals surface area contributed by atoms with Crippen molar-refractivity contribution in [2.24, 2.45) is 11.7 Å². The number of rotatable bonds is 22. The first kappa shape index (κ1) is 53.0. The van der Waals surface area contributed by atoms with Gasteiger partial charge in [0.15, 0.2) is 0 Å². The number of aliphatic hydroxyl groups is 1. The van der Waals surface area contributed by atoms with Gasteiger partial charge in [-0.1, -0.05) is 74.5 Å². The Morgan fingerprint density at radius 2 is 1.41 bits per heavy atom. The fourth-order valence-corrected chi connectivity index (χ4v) is 8.89. The number of hydrogen-bond donors (Lipinski definition) is 11. The number of piperidine rings is 1. The summed E-state index contributed by atoms with van der Waals surface area (Å²) in [6.07, 6.45) is -0.199. The van der Waals surface area contributed by atoms with Crippen molar-refractivity contribution in [3.05, 3.63) is 71.8 Å². The Bertz CT molecular complexity index is 2210. The highest BCUT2D eigenvalue weighted by atomic mass is 16.4. The Kier molecular flexibility index (Phi) is 18.7. The van der Waals surface area contributed by atoms with Crippen molar-refractivity contribution in [1.29, 1.82) is 0 Å².